The number of hydrogen-bond acceptors (Lipinski definition) is 8. The Morgan fingerprint density at radius 3 is 2.48 bits per heavy atom. The molecule has 0 aromatic carbocycles. The van der Waals surface area contributed by atoms with E-state index in [1.165, 1.54) is 27.8 Å². The van der Waals surface area contributed by atoms with Gasteiger partial charge in [-0.25, -0.2) is 19.6 Å². The first-order valence-corrected chi connectivity index (χ1v) is 12.1. The maximum Gasteiger partial charge on any atom is 0.441 e. The van der Waals surface area contributed by atoms with Gasteiger partial charge in [-0.15, -0.1) is 11.3 Å². The van der Waals surface area contributed by atoms with E-state index >= 15 is 0 Å². The van der Waals surface area contributed by atoms with Crippen LogP contribution in [0.1, 0.15) is 25.2 Å². The van der Waals surface area contributed by atoms with Gasteiger partial charge in [0.25, 0.3) is 0 Å². The Morgan fingerprint density at radius 1 is 1.23 bits per heavy atom. The van der Waals surface area contributed by atoms with Crippen molar-refractivity contribution in [3.63, 3.8) is 0 Å². The highest BCUT2D eigenvalue weighted by atomic mass is 32.2. The van der Waals surface area contributed by atoms with Gasteiger partial charge in [-0.1, -0.05) is 37.4 Å². The number of halogens is 3. The van der Waals surface area contributed by atoms with Gasteiger partial charge in [0.15, 0.2) is 5.16 Å². The predicted octanol–water partition coefficient (Wildman–Crippen LogP) is 5.55. The summed E-state index contributed by atoms with van der Waals surface area (Å²) in [6.07, 6.45) is 5.30. The van der Waals surface area contributed by atoms with Crippen molar-refractivity contribution in [2.24, 2.45) is 0 Å². The summed E-state index contributed by atoms with van der Waals surface area (Å²) in [7, 11) is 0. The van der Waals surface area contributed by atoms with Crippen LogP contribution in [0.3, 0.4) is 0 Å². The molecule has 0 N–H and O–H groups in total. The molecular weight excluding hydrogens is 465 g/mol. The fraction of sp³-hybridized carbons (Fsp3) is 0.421. The number of nitriles is 1. The minimum Gasteiger partial charge on any atom is -0.250 e. The molecule has 3 rings (SSSR count). The normalized spacial score (nSPS) is 12.2. The van der Waals surface area contributed by atoms with Crippen molar-refractivity contribution in [3.05, 3.63) is 29.8 Å². The fourth-order valence-corrected chi connectivity index (χ4v) is 4.79. The van der Waals surface area contributed by atoms with Crippen LogP contribution in [0.2, 0.25) is 0 Å². The Morgan fingerprint density at radius 2 is 1.90 bits per heavy atom. The van der Waals surface area contributed by atoms with Crippen LogP contribution in [-0.4, -0.2) is 42.2 Å². The summed E-state index contributed by atoms with van der Waals surface area (Å²) < 4.78 is 39.7. The highest BCUT2D eigenvalue weighted by molar-refractivity contribution is 8.00. The van der Waals surface area contributed by atoms with Crippen molar-refractivity contribution in [2.75, 3.05) is 12.0 Å². The first-order valence-electron chi connectivity index (χ1n) is 9.04. The van der Waals surface area contributed by atoms with E-state index < -0.39 is 10.9 Å². The fourth-order valence-electron chi connectivity index (χ4n) is 2.74. The van der Waals surface area contributed by atoms with Crippen LogP contribution in [0.4, 0.5) is 13.2 Å². The first-order chi connectivity index (χ1) is 14.5. The standard InChI is InChI=1S/C19H19F3N6S3/c1-11-15(31-16(26-11)12-8-24-17(29-4)25-9-12)13-7-14(27-28(13)6-5-23)18(2,3)10-30-19(20,21)22/h7-9H,6,10H2,1-4H3. The molecule has 0 saturated heterocycles. The zero-order valence-electron chi connectivity index (χ0n) is 17.2. The van der Waals surface area contributed by atoms with Gasteiger partial charge in [-0.05, 0) is 19.2 Å². The van der Waals surface area contributed by atoms with Gasteiger partial charge in [0, 0.05) is 29.1 Å². The van der Waals surface area contributed by atoms with E-state index in [4.69, 9.17) is 0 Å². The molecule has 0 unspecified atom stereocenters. The zero-order chi connectivity index (χ0) is 22.8. The summed E-state index contributed by atoms with van der Waals surface area (Å²) in [4.78, 5) is 14.0. The maximum atomic E-state index is 12.7. The summed E-state index contributed by atoms with van der Waals surface area (Å²) in [5.41, 5.74) is -2.49. The van der Waals surface area contributed by atoms with Crippen LogP contribution in [0.5, 0.6) is 0 Å². The Labute approximate surface area is 190 Å². The molecule has 0 radical (unpaired) electrons. The first kappa shape index (κ1) is 23.6. The lowest BCUT2D eigenvalue weighted by Crippen LogP contribution is -2.23. The summed E-state index contributed by atoms with van der Waals surface area (Å²) in [5.74, 6) is -0.175. The van der Waals surface area contributed by atoms with Gasteiger partial charge in [-0.2, -0.15) is 23.5 Å². The number of aryl methyl sites for hydroxylation is 1. The third kappa shape index (κ3) is 5.58. The van der Waals surface area contributed by atoms with Crippen molar-refractivity contribution in [2.45, 2.75) is 43.4 Å². The molecule has 3 aromatic heterocycles. The van der Waals surface area contributed by atoms with Gasteiger partial charge in [0.1, 0.15) is 11.6 Å². The van der Waals surface area contributed by atoms with Gasteiger partial charge >= 0.3 is 5.51 Å². The van der Waals surface area contributed by atoms with Crippen LogP contribution >= 0.6 is 34.9 Å². The van der Waals surface area contributed by atoms with Crippen molar-refractivity contribution < 1.29 is 13.2 Å². The number of aromatic nitrogens is 5. The molecule has 12 heteroatoms. The second-order valence-corrected chi connectivity index (χ2v) is 10.1. The maximum absolute atomic E-state index is 12.7. The van der Waals surface area contributed by atoms with Crippen molar-refractivity contribution >= 4 is 34.9 Å². The third-order valence-electron chi connectivity index (χ3n) is 4.38. The minimum absolute atomic E-state index is 0.0178. The van der Waals surface area contributed by atoms with E-state index in [1.807, 2.05) is 13.2 Å². The zero-order valence-corrected chi connectivity index (χ0v) is 19.6. The topological polar surface area (TPSA) is 80.3 Å². The average molecular weight is 485 g/mol. The van der Waals surface area contributed by atoms with E-state index in [9.17, 15) is 18.4 Å². The molecule has 0 bridgehead atoms. The Kier molecular flexibility index (Phi) is 6.98. The molecule has 3 aromatic rings. The SMILES string of the molecule is CSc1ncc(-c2nc(C)c(-c3cc(C(C)(C)CSC(F)(F)F)nn3CC#N)s2)cn1. The smallest absolute Gasteiger partial charge is 0.250 e. The molecule has 0 amide bonds. The second kappa shape index (κ2) is 9.18. The van der Waals surface area contributed by atoms with Gasteiger partial charge in [0.2, 0.25) is 0 Å². The summed E-state index contributed by atoms with van der Waals surface area (Å²) in [6.45, 7) is 5.25. The molecule has 0 aliphatic rings. The highest BCUT2D eigenvalue weighted by Gasteiger charge is 2.34. The van der Waals surface area contributed by atoms with E-state index in [2.05, 4.69) is 26.1 Å². The Bertz CT molecular complexity index is 1100. The number of alkyl halides is 3. The predicted molar refractivity (Wildman–Crippen MR) is 118 cm³/mol. The van der Waals surface area contributed by atoms with E-state index in [0.29, 0.717) is 16.5 Å². The average Bonchev–Trinajstić information content (AvgIpc) is 3.30. The van der Waals surface area contributed by atoms with Gasteiger partial charge < -0.3 is 0 Å². The van der Waals surface area contributed by atoms with Crippen molar-refractivity contribution in [3.8, 4) is 27.2 Å². The van der Waals surface area contributed by atoms with Crippen LogP contribution in [0.15, 0.2) is 23.6 Å². The number of thioether (sulfide) groups is 2. The largest absolute Gasteiger partial charge is 0.441 e. The monoisotopic (exact) mass is 484 g/mol. The van der Waals surface area contributed by atoms with Crippen molar-refractivity contribution in [1.29, 1.82) is 5.26 Å². The quantitative estimate of drug-likeness (QED) is 0.321. The molecule has 164 valence electrons. The van der Waals surface area contributed by atoms with Gasteiger partial charge in [0.05, 0.1) is 28.0 Å². The lowest BCUT2D eigenvalue weighted by atomic mass is 9.92. The molecular formula is C19H19F3N6S3. The molecule has 0 atom stereocenters. The number of thiazole rings is 1. The number of nitrogens with zero attached hydrogens (tertiary/aromatic N) is 6. The minimum atomic E-state index is -4.31. The van der Waals surface area contributed by atoms with Crippen LogP contribution < -0.4 is 0 Å². The summed E-state index contributed by atoms with van der Waals surface area (Å²) >= 11 is 2.78. The lowest BCUT2D eigenvalue weighted by molar-refractivity contribution is -0.0330. The molecule has 0 aliphatic carbocycles. The van der Waals surface area contributed by atoms with E-state index in [0.717, 1.165) is 21.1 Å². The Balaban J connectivity index is 1.98. The number of hydrogen-bond donors (Lipinski definition) is 0. The highest BCUT2D eigenvalue weighted by Crippen LogP contribution is 2.40. The molecule has 31 heavy (non-hydrogen) atoms. The van der Waals surface area contributed by atoms with E-state index in [-0.39, 0.29) is 24.1 Å². The van der Waals surface area contributed by atoms with Crippen LogP contribution in [0.25, 0.3) is 21.1 Å². The molecule has 0 spiro atoms. The molecule has 0 aliphatic heterocycles. The van der Waals surface area contributed by atoms with E-state index in [1.54, 1.807) is 32.3 Å². The molecule has 6 nitrogen and oxygen atoms in total. The summed E-state index contributed by atoms with van der Waals surface area (Å²) in [6, 6.07) is 3.82. The van der Waals surface area contributed by atoms with Gasteiger partial charge in [-0.3, -0.25) is 0 Å². The third-order valence-corrected chi connectivity index (χ3v) is 7.38. The second-order valence-electron chi connectivity index (χ2n) is 7.24. The molecule has 3 heterocycles. The number of rotatable bonds is 7. The molecule has 0 saturated carbocycles. The van der Waals surface area contributed by atoms with Crippen LogP contribution in [-0.2, 0) is 12.0 Å². The van der Waals surface area contributed by atoms with Crippen LogP contribution in [0, 0.1) is 18.3 Å². The lowest BCUT2D eigenvalue weighted by Gasteiger charge is -2.22. The van der Waals surface area contributed by atoms with Crippen molar-refractivity contribution in [1.82, 2.24) is 24.7 Å². The summed E-state index contributed by atoms with van der Waals surface area (Å²) in [5, 5.41) is 15.1. The molecule has 0 fully saturated rings. The Hall–Kier alpha value is -2.10.